The molecule has 2 aliphatic heterocycles. The van der Waals surface area contributed by atoms with Gasteiger partial charge in [-0.25, -0.2) is 0 Å². The fourth-order valence-corrected chi connectivity index (χ4v) is 10.0. The van der Waals surface area contributed by atoms with E-state index in [4.69, 9.17) is 9.97 Å². The zero-order valence-electron chi connectivity index (χ0n) is 31.4. The van der Waals surface area contributed by atoms with Crippen LogP contribution in [0.2, 0.25) is 0 Å². The molecule has 0 radical (unpaired) electrons. The summed E-state index contributed by atoms with van der Waals surface area (Å²) in [5, 5.41) is 48.1. The quantitative estimate of drug-likeness (QED) is 0.142. The minimum atomic E-state index is -1.30. The van der Waals surface area contributed by atoms with Gasteiger partial charge in [0.25, 0.3) is 0 Å². The maximum absolute atomic E-state index is 12.0. The third-order valence-corrected chi connectivity index (χ3v) is 13.0. The van der Waals surface area contributed by atoms with Gasteiger partial charge in [-0.1, -0.05) is 119 Å². The first-order chi connectivity index (χ1) is 27.0. The van der Waals surface area contributed by atoms with Gasteiger partial charge >= 0.3 is 0 Å². The van der Waals surface area contributed by atoms with E-state index in [0.717, 1.165) is 63.3 Å². The average Bonchev–Trinajstić information content (AvgIpc) is 3.99. The zero-order valence-corrected chi connectivity index (χ0v) is 33.0. The Labute approximate surface area is 333 Å². The molecule has 0 amide bonds. The number of nitrogens with zero attached hydrogens (tertiary/aromatic N) is 2. The summed E-state index contributed by atoms with van der Waals surface area (Å²) in [6.45, 7) is 8.13. The van der Waals surface area contributed by atoms with Crippen LogP contribution in [-0.4, -0.2) is 30.4 Å². The van der Waals surface area contributed by atoms with Gasteiger partial charge in [0.2, 0.25) is 0 Å². The molecule has 9 rings (SSSR count). The topological polar surface area (TPSA) is 107 Å². The normalized spacial score (nSPS) is 18.0. The second-order valence-corrected chi connectivity index (χ2v) is 17.0. The van der Waals surface area contributed by atoms with E-state index in [1.54, 1.807) is 0 Å². The molecule has 4 atom stereocenters. The average molecular weight is 773 g/mol. The summed E-state index contributed by atoms with van der Waals surface area (Å²) in [6.07, 6.45) is -5.20. The molecule has 8 heteroatoms. The van der Waals surface area contributed by atoms with E-state index in [1.807, 2.05) is 149 Å². The lowest BCUT2D eigenvalue weighted by Crippen LogP contribution is -2.05. The van der Waals surface area contributed by atoms with Gasteiger partial charge in [0.15, 0.2) is 0 Å². The number of benzene rings is 4. The van der Waals surface area contributed by atoms with Crippen molar-refractivity contribution in [3.8, 4) is 44.5 Å². The van der Waals surface area contributed by atoms with Crippen LogP contribution in [0.25, 0.3) is 63.3 Å². The number of fused-ring (bicyclic) bond motifs is 8. The molecule has 2 aliphatic rings. The molecule has 278 valence electrons. The van der Waals surface area contributed by atoms with Crippen molar-refractivity contribution in [2.45, 2.75) is 52.1 Å². The fourth-order valence-electron chi connectivity index (χ4n) is 7.70. The lowest BCUT2D eigenvalue weighted by Gasteiger charge is -2.14. The number of aryl methyl sites for hydroxylation is 4. The molecule has 8 bridgehead atoms. The molecule has 0 spiro atoms. The van der Waals surface area contributed by atoms with Crippen LogP contribution in [0.3, 0.4) is 0 Å². The number of aliphatic hydroxyl groups excluding tert-OH is 4. The smallest absolute Gasteiger partial charge is 0.128 e. The molecule has 6 nitrogen and oxygen atoms in total. The summed E-state index contributed by atoms with van der Waals surface area (Å²) in [5.74, 6) is 0. The third kappa shape index (κ3) is 6.29. The molecule has 0 unspecified atom stereocenters. The van der Waals surface area contributed by atoms with E-state index < -0.39 is 24.4 Å². The van der Waals surface area contributed by atoms with Gasteiger partial charge in [-0.2, -0.15) is 0 Å². The highest BCUT2D eigenvalue weighted by Gasteiger charge is 2.36. The molecule has 4 aromatic carbocycles. The molecular weight excluding hydrogens is 733 g/mol. The molecule has 7 aromatic rings. The van der Waals surface area contributed by atoms with Crippen LogP contribution in [0.1, 0.15) is 69.4 Å². The third-order valence-electron chi connectivity index (χ3n) is 10.8. The summed E-state index contributed by atoms with van der Waals surface area (Å²) < 4.78 is 3.30. The molecule has 0 saturated heterocycles. The largest absolute Gasteiger partial charge is 0.384 e. The summed E-state index contributed by atoms with van der Waals surface area (Å²) in [7, 11) is 0. The van der Waals surface area contributed by atoms with Crippen LogP contribution in [0.5, 0.6) is 0 Å². The Morgan fingerprint density at radius 3 is 0.714 bits per heavy atom. The van der Waals surface area contributed by atoms with Gasteiger partial charge < -0.3 is 20.4 Å². The first-order valence-corrected chi connectivity index (χ1v) is 20.3. The van der Waals surface area contributed by atoms with E-state index in [9.17, 15) is 20.4 Å². The summed E-state index contributed by atoms with van der Waals surface area (Å²) in [5.41, 5.74) is 12.2. The Balaban J connectivity index is 1.52. The SMILES string of the molecule is Cc1ccc(-c2c3nc(c(-c4ccc(C)cc4)c4ccc(s4)c(-c4ccc(C)cc4)c4nc(c(-c5ccc(C)cc5)c5ccc2s5)[C@H](O)[C@@H]4O)[C@H](O)[C@@H]3O)cc1. The van der Waals surface area contributed by atoms with Crippen molar-refractivity contribution in [1.82, 2.24) is 9.97 Å². The van der Waals surface area contributed by atoms with E-state index in [2.05, 4.69) is 0 Å². The highest BCUT2D eigenvalue weighted by atomic mass is 32.1. The molecule has 5 heterocycles. The summed E-state index contributed by atoms with van der Waals surface area (Å²) >= 11 is 2.99. The second-order valence-electron chi connectivity index (χ2n) is 14.8. The molecule has 0 aliphatic carbocycles. The van der Waals surface area contributed by atoms with Crippen molar-refractivity contribution in [1.29, 1.82) is 0 Å². The van der Waals surface area contributed by atoms with Crippen molar-refractivity contribution in [2.24, 2.45) is 0 Å². The minimum Gasteiger partial charge on any atom is -0.384 e. The standard InChI is InChI=1S/C48H40N2O4S2/c1-25-5-13-29(14-6-25)37-33-21-22-34(55-33)38(30-15-7-26(2)8-16-30)43-47(53)48(54)44(50-43)40(32-19-11-28(4)12-20-32)36-24-23-35(56-36)39(31-17-9-27(3)10-18-31)42-46(52)45(51)41(37)49-42/h5-24,45-48,51-54H,1-4H3/t45-,46+,47+,48-. The Kier molecular flexibility index (Phi) is 9.29. The molecule has 0 fully saturated rings. The van der Waals surface area contributed by atoms with Gasteiger partial charge in [-0.15, -0.1) is 22.7 Å². The monoisotopic (exact) mass is 772 g/mol. The first-order valence-electron chi connectivity index (χ1n) is 18.7. The summed E-state index contributed by atoms with van der Waals surface area (Å²) in [6, 6.07) is 40.4. The van der Waals surface area contributed by atoms with E-state index in [1.165, 1.54) is 22.7 Å². The Morgan fingerprint density at radius 1 is 0.321 bits per heavy atom. The molecule has 0 saturated carbocycles. The van der Waals surface area contributed by atoms with Crippen LogP contribution < -0.4 is 0 Å². The van der Waals surface area contributed by atoms with Crippen LogP contribution >= 0.6 is 22.7 Å². The Morgan fingerprint density at radius 2 is 0.518 bits per heavy atom. The van der Waals surface area contributed by atoms with Crippen LogP contribution in [0, 0.1) is 27.7 Å². The van der Waals surface area contributed by atoms with E-state index in [-0.39, 0.29) is 0 Å². The van der Waals surface area contributed by atoms with Crippen LogP contribution in [-0.2, 0) is 0 Å². The first kappa shape index (κ1) is 36.3. The van der Waals surface area contributed by atoms with Gasteiger partial charge in [0.1, 0.15) is 24.4 Å². The fraction of sp³-hybridized carbons (Fsp3) is 0.167. The minimum absolute atomic E-state index is 0.381. The second kappa shape index (κ2) is 14.3. The maximum Gasteiger partial charge on any atom is 0.128 e. The zero-order chi connectivity index (χ0) is 38.8. The van der Waals surface area contributed by atoms with Gasteiger partial charge in [-0.3, -0.25) is 9.97 Å². The number of hydrogen-bond acceptors (Lipinski definition) is 8. The van der Waals surface area contributed by atoms with Crippen molar-refractivity contribution >= 4 is 41.5 Å². The number of thiophene rings is 2. The molecular formula is C48H40N2O4S2. The van der Waals surface area contributed by atoms with E-state index in [0.29, 0.717) is 45.0 Å². The summed E-state index contributed by atoms with van der Waals surface area (Å²) in [4.78, 5) is 10.4. The van der Waals surface area contributed by atoms with Crippen LogP contribution in [0.4, 0.5) is 0 Å². The highest BCUT2D eigenvalue weighted by Crippen LogP contribution is 2.49. The number of rotatable bonds is 4. The van der Waals surface area contributed by atoms with E-state index >= 15 is 0 Å². The number of aromatic nitrogens is 2. The van der Waals surface area contributed by atoms with Crippen molar-refractivity contribution in [2.75, 3.05) is 0 Å². The lowest BCUT2D eigenvalue weighted by atomic mass is 9.97. The van der Waals surface area contributed by atoms with Gasteiger partial charge in [0, 0.05) is 41.1 Å². The van der Waals surface area contributed by atoms with Crippen molar-refractivity contribution in [3.63, 3.8) is 0 Å². The molecule has 56 heavy (non-hydrogen) atoms. The van der Waals surface area contributed by atoms with Crippen molar-refractivity contribution in [3.05, 3.63) is 166 Å². The highest BCUT2D eigenvalue weighted by molar-refractivity contribution is 7.24. The van der Waals surface area contributed by atoms with Crippen molar-refractivity contribution < 1.29 is 20.4 Å². The lowest BCUT2D eigenvalue weighted by molar-refractivity contribution is 0.0260. The van der Waals surface area contributed by atoms with Crippen LogP contribution in [0.15, 0.2) is 121 Å². The van der Waals surface area contributed by atoms with Gasteiger partial charge in [-0.05, 0) is 74.2 Å². The predicted molar refractivity (Wildman–Crippen MR) is 229 cm³/mol. The predicted octanol–water partition coefficient (Wildman–Crippen LogP) is 11.2. The maximum atomic E-state index is 12.0. The number of aliphatic hydroxyl groups is 4. The molecule has 3 aromatic heterocycles. The Bertz CT molecular complexity index is 2410. The molecule has 4 N–H and O–H groups in total. The number of hydrogen-bond donors (Lipinski definition) is 4. The van der Waals surface area contributed by atoms with Gasteiger partial charge in [0.05, 0.1) is 22.8 Å². The Hall–Kier alpha value is -5.32.